The van der Waals surface area contributed by atoms with E-state index in [1.165, 1.54) is 18.5 Å². The Morgan fingerprint density at radius 3 is 2.80 bits per heavy atom. The highest BCUT2D eigenvalue weighted by Gasteiger charge is 2.26. The van der Waals surface area contributed by atoms with Gasteiger partial charge in [0.15, 0.2) is 0 Å². The van der Waals surface area contributed by atoms with Crippen LogP contribution in [0.5, 0.6) is 0 Å². The minimum Gasteiger partial charge on any atom is -0.314 e. The molecule has 1 aromatic rings. The van der Waals surface area contributed by atoms with Crippen LogP contribution in [0.15, 0.2) is 6.20 Å². The largest absolute Gasteiger partial charge is 0.314 e. The second-order valence-electron chi connectivity index (χ2n) is 5.11. The molecule has 4 heteroatoms. The fourth-order valence-electron chi connectivity index (χ4n) is 1.91. The smallest absolute Gasteiger partial charge is 0.0730 e. The van der Waals surface area contributed by atoms with Crippen LogP contribution >= 0.6 is 0 Å². The average molecular weight is 208 g/mol. The zero-order chi connectivity index (χ0) is 10.9. The molecule has 15 heavy (non-hydrogen) atoms. The highest BCUT2D eigenvalue weighted by Crippen LogP contribution is 2.26. The first kappa shape index (κ1) is 10.6. The van der Waals surface area contributed by atoms with Crippen molar-refractivity contribution in [2.75, 3.05) is 6.54 Å². The average Bonchev–Trinajstić information content (AvgIpc) is 2.86. The quantitative estimate of drug-likeness (QED) is 0.791. The standard InChI is InChI=1S/C11H20N4/c1-11(2,6-7-12-9-4-5-9)10-8-13-14-15(10)3/h8-9,12H,4-7H2,1-3H3. The Balaban J connectivity index is 1.90. The van der Waals surface area contributed by atoms with E-state index in [1.54, 1.807) is 0 Å². The molecular weight excluding hydrogens is 188 g/mol. The van der Waals surface area contributed by atoms with E-state index < -0.39 is 0 Å². The molecular formula is C11H20N4. The summed E-state index contributed by atoms with van der Waals surface area (Å²) in [6.45, 7) is 5.59. The SMILES string of the molecule is Cn1nncc1C(C)(C)CCNC1CC1. The van der Waals surface area contributed by atoms with E-state index >= 15 is 0 Å². The summed E-state index contributed by atoms with van der Waals surface area (Å²) in [6, 6.07) is 0.797. The number of hydrogen-bond acceptors (Lipinski definition) is 3. The predicted octanol–water partition coefficient (Wildman–Crippen LogP) is 1.23. The molecule has 0 radical (unpaired) electrons. The molecule has 0 bridgehead atoms. The highest BCUT2D eigenvalue weighted by molar-refractivity contribution is 5.09. The van der Waals surface area contributed by atoms with Gasteiger partial charge in [0.2, 0.25) is 0 Å². The van der Waals surface area contributed by atoms with Crippen LogP contribution in [0, 0.1) is 0 Å². The van der Waals surface area contributed by atoms with Crippen molar-refractivity contribution in [3.8, 4) is 0 Å². The van der Waals surface area contributed by atoms with Crippen LogP contribution in [0.1, 0.15) is 38.8 Å². The van der Waals surface area contributed by atoms with Gasteiger partial charge in [-0.05, 0) is 25.8 Å². The van der Waals surface area contributed by atoms with E-state index in [2.05, 4.69) is 29.5 Å². The zero-order valence-corrected chi connectivity index (χ0v) is 9.82. The maximum atomic E-state index is 3.98. The molecule has 0 amide bonds. The van der Waals surface area contributed by atoms with Gasteiger partial charge in [-0.3, -0.25) is 4.68 Å². The summed E-state index contributed by atoms with van der Waals surface area (Å²) in [5.41, 5.74) is 1.36. The number of nitrogens with zero attached hydrogens (tertiary/aromatic N) is 3. The van der Waals surface area contributed by atoms with Crippen molar-refractivity contribution in [3.05, 3.63) is 11.9 Å². The van der Waals surface area contributed by atoms with E-state index in [4.69, 9.17) is 0 Å². The van der Waals surface area contributed by atoms with Crippen LogP contribution < -0.4 is 5.32 Å². The molecule has 1 aliphatic rings. The number of hydrogen-bond donors (Lipinski definition) is 1. The fraction of sp³-hybridized carbons (Fsp3) is 0.818. The third kappa shape index (κ3) is 2.56. The predicted molar refractivity (Wildman–Crippen MR) is 59.7 cm³/mol. The maximum Gasteiger partial charge on any atom is 0.0730 e. The lowest BCUT2D eigenvalue weighted by Crippen LogP contribution is -2.28. The van der Waals surface area contributed by atoms with Gasteiger partial charge < -0.3 is 5.32 Å². The van der Waals surface area contributed by atoms with Crippen molar-refractivity contribution >= 4 is 0 Å². The second-order valence-corrected chi connectivity index (χ2v) is 5.11. The monoisotopic (exact) mass is 208 g/mol. The zero-order valence-electron chi connectivity index (χ0n) is 9.82. The van der Waals surface area contributed by atoms with E-state index in [1.807, 2.05) is 17.9 Å². The molecule has 0 atom stereocenters. The van der Waals surface area contributed by atoms with Crippen LogP contribution in [0.3, 0.4) is 0 Å². The Labute approximate surface area is 91.1 Å². The lowest BCUT2D eigenvalue weighted by atomic mass is 9.86. The van der Waals surface area contributed by atoms with Crippen molar-refractivity contribution in [2.24, 2.45) is 7.05 Å². The third-order valence-electron chi connectivity index (χ3n) is 3.17. The van der Waals surface area contributed by atoms with Crippen LogP contribution in [-0.4, -0.2) is 27.6 Å². The Morgan fingerprint density at radius 2 is 2.27 bits per heavy atom. The number of aryl methyl sites for hydroxylation is 1. The molecule has 1 saturated carbocycles. The van der Waals surface area contributed by atoms with Crippen LogP contribution in [0.2, 0.25) is 0 Å². The molecule has 1 N–H and O–H groups in total. The van der Waals surface area contributed by atoms with Crippen LogP contribution in [0.25, 0.3) is 0 Å². The second kappa shape index (κ2) is 3.93. The first-order valence-electron chi connectivity index (χ1n) is 5.68. The van der Waals surface area contributed by atoms with Gasteiger partial charge >= 0.3 is 0 Å². The van der Waals surface area contributed by atoms with Crippen molar-refractivity contribution in [1.82, 2.24) is 20.3 Å². The van der Waals surface area contributed by atoms with Gasteiger partial charge in [-0.15, -0.1) is 5.10 Å². The first-order valence-corrected chi connectivity index (χ1v) is 5.68. The molecule has 2 rings (SSSR count). The fourth-order valence-corrected chi connectivity index (χ4v) is 1.91. The Bertz CT molecular complexity index is 325. The van der Waals surface area contributed by atoms with E-state index in [-0.39, 0.29) is 5.41 Å². The Kier molecular flexibility index (Phi) is 2.78. The molecule has 4 nitrogen and oxygen atoms in total. The van der Waals surface area contributed by atoms with Crippen LogP contribution in [0.4, 0.5) is 0 Å². The molecule has 0 spiro atoms. The van der Waals surface area contributed by atoms with Gasteiger partial charge in [0.1, 0.15) is 0 Å². The molecule has 1 fully saturated rings. The van der Waals surface area contributed by atoms with Gasteiger partial charge in [0.05, 0.1) is 11.9 Å². The van der Waals surface area contributed by atoms with Crippen LogP contribution in [-0.2, 0) is 12.5 Å². The molecule has 0 saturated heterocycles. The van der Waals surface area contributed by atoms with Gasteiger partial charge in [-0.25, -0.2) is 0 Å². The van der Waals surface area contributed by atoms with E-state index in [0.717, 1.165) is 19.0 Å². The molecule has 0 unspecified atom stereocenters. The lowest BCUT2D eigenvalue weighted by molar-refractivity contribution is 0.424. The summed E-state index contributed by atoms with van der Waals surface area (Å²) < 4.78 is 1.87. The van der Waals surface area contributed by atoms with Crippen molar-refractivity contribution < 1.29 is 0 Å². The minimum atomic E-state index is 0.153. The van der Waals surface area contributed by atoms with Gasteiger partial charge in [-0.2, -0.15) is 0 Å². The van der Waals surface area contributed by atoms with Gasteiger partial charge in [0, 0.05) is 18.5 Å². The Morgan fingerprint density at radius 1 is 1.53 bits per heavy atom. The summed E-state index contributed by atoms with van der Waals surface area (Å²) in [5.74, 6) is 0. The van der Waals surface area contributed by atoms with E-state index in [0.29, 0.717) is 0 Å². The lowest BCUT2D eigenvalue weighted by Gasteiger charge is -2.24. The van der Waals surface area contributed by atoms with Gasteiger partial charge in [0.25, 0.3) is 0 Å². The van der Waals surface area contributed by atoms with Gasteiger partial charge in [-0.1, -0.05) is 19.1 Å². The third-order valence-corrected chi connectivity index (χ3v) is 3.17. The summed E-state index contributed by atoms with van der Waals surface area (Å²) in [7, 11) is 1.96. The highest BCUT2D eigenvalue weighted by atomic mass is 15.4. The molecule has 0 aromatic carbocycles. The summed E-state index contributed by atoms with van der Waals surface area (Å²) in [4.78, 5) is 0. The van der Waals surface area contributed by atoms with Crippen molar-refractivity contribution in [1.29, 1.82) is 0 Å². The summed E-state index contributed by atoms with van der Waals surface area (Å²) in [6.07, 6.45) is 5.71. The van der Waals surface area contributed by atoms with E-state index in [9.17, 15) is 0 Å². The first-order chi connectivity index (χ1) is 7.09. The summed E-state index contributed by atoms with van der Waals surface area (Å²) >= 11 is 0. The topological polar surface area (TPSA) is 42.7 Å². The number of rotatable bonds is 5. The number of nitrogens with one attached hydrogen (secondary N) is 1. The minimum absolute atomic E-state index is 0.153. The Hall–Kier alpha value is -0.900. The normalized spacial score (nSPS) is 17.0. The molecule has 84 valence electrons. The van der Waals surface area contributed by atoms with Crippen molar-refractivity contribution in [2.45, 2.75) is 44.6 Å². The maximum absolute atomic E-state index is 3.98. The molecule has 1 heterocycles. The molecule has 1 aromatic heterocycles. The number of aromatic nitrogens is 3. The molecule has 1 aliphatic carbocycles. The summed E-state index contributed by atoms with van der Waals surface area (Å²) in [5, 5.41) is 11.5. The molecule has 0 aliphatic heterocycles. The van der Waals surface area contributed by atoms with Crippen molar-refractivity contribution in [3.63, 3.8) is 0 Å².